The summed E-state index contributed by atoms with van der Waals surface area (Å²) in [4.78, 5) is 5.64. The summed E-state index contributed by atoms with van der Waals surface area (Å²) >= 11 is 0. The Hall–Kier alpha value is -1.50. The number of likely N-dealkylation sites (tertiary alicyclic amines) is 1. The van der Waals surface area contributed by atoms with E-state index < -0.39 is 11.9 Å². The molecule has 1 aliphatic rings. The van der Waals surface area contributed by atoms with Crippen LogP contribution in [0.15, 0.2) is 12.3 Å². The maximum absolute atomic E-state index is 12.6. The average Bonchev–Trinajstić information content (AvgIpc) is 2.83. The van der Waals surface area contributed by atoms with E-state index in [4.69, 9.17) is 5.73 Å². The normalized spacial score (nSPS) is 20.3. The van der Waals surface area contributed by atoms with Gasteiger partial charge in [0, 0.05) is 12.6 Å². The van der Waals surface area contributed by atoms with E-state index in [2.05, 4.69) is 22.1 Å². The number of halogens is 3. The third kappa shape index (κ3) is 3.33. The van der Waals surface area contributed by atoms with Crippen LogP contribution in [-0.2, 0) is 6.18 Å². The maximum atomic E-state index is 12.6. The van der Waals surface area contributed by atoms with Gasteiger partial charge in [0.25, 0.3) is 0 Å². The van der Waals surface area contributed by atoms with E-state index in [0.29, 0.717) is 18.3 Å². The minimum absolute atomic E-state index is 0.235. The molecule has 2 heterocycles. The molecule has 20 heavy (non-hydrogen) atoms. The fraction of sp³-hybridized carbons (Fsp3) is 0.615. The van der Waals surface area contributed by atoms with E-state index in [9.17, 15) is 13.2 Å². The summed E-state index contributed by atoms with van der Waals surface area (Å²) in [6.45, 7) is 4.68. The third-order valence-corrected chi connectivity index (χ3v) is 3.66. The molecule has 1 aromatic heterocycles. The Bertz CT molecular complexity index is 461. The summed E-state index contributed by atoms with van der Waals surface area (Å²) in [6, 6.07) is 1.32. The minimum atomic E-state index is -4.45. The van der Waals surface area contributed by atoms with Crippen molar-refractivity contribution >= 4 is 11.4 Å². The summed E-state index contributed by atoms with van der Waals surface area (Å²) in [6.07, 6.45) is -1.22. The molecule has 0 aromatic carbocycles. The van der Waals surface area contributed by atoms with Crippen LogP contribution in [0.5, 0.6) is 0 Å². The van der Waals surface area contributed by atoms with Gasteiger partial charge >= 0.3 is 6.18 Å². The fourth-order valence-corrected chi connectivity index (χ4v) is 2.54. The zero-order chi connectivity index (χ0) is 14.8. The monoisotopic (exact) mass is 288 g/mol. The molecule has 1 saturated heterocycles. The van der Waals surface area contributed by atoms with Crippen LogP contribution >= 0.6 is 0 Å². The molecule has 3 N–H and O–H groups in total. The summed E-state index contributed by atoms with van der Waals surface area (Å²) in [5.74, 6) is 0. The number of likely N-dealkylation sites (N-methyl/N-ethyl adjacent to an activating group) is 1. The zero-order valence-electron chi connectivity index (χ0n) is 11.4. The molecule has 1 fully saturated rings. The first-order valence-corrected chi connectivity index (χ1v) is 6.72. The lowest BCUT2D eigenvalue weighted by Crippen LogP contribution is -2.34. The number of anilines is 2. The van der Waals surface area contributed by atoms with Crippen LogP contribution in [-0.4, -0.2) is 35.6 Å². The number of nitrogens with zero attached hydrogens (tertiary/aromatic N) is 2. The van der Waals surface area contributed by atoms with Crippen molar-refractivity contribution in [3.05, 3.63) is 18.0 Å². The topological polar surface area (TPSA) is 54.2 Å². The van der Waals surface area contributed by atoms with Crippen LogP contribution in [0.2, 0.25) is 0 Å². The van der Waals surface area contributed by atoms with Gasteiger partial charge in [-0.3, -0.25) is 4.90 Å². The molecule has 0 aliphatic carbocycles. The summed E-state index contributed by atoms with van der Waals surface area (Å²) in [7, 11) is 0. The number of hydrogen-bond donors (Lipinski definition) is 2. The van der Waals surface area contributed by atoms with Gasteiger partial charge < -0.3 is 11.1 Å². The summed E-state index contributed by atoms with van der Waals surface area (Å²) in [5.41, 5.74) is 5.29. The molecular formula is C13H19F3N4. The van der Waals surface area contributed by atoms with Crippen molar-refractivity contribution in [3.63, 3.8) is 0 Å². The van der Waals surface area contributed by atoms with Gasteiger partial charge in [0.2, 0.25) is 0 Å². The number of nitrogens with one attached hydrogen (secondary N) is 1. The SMILES string of the molecule is CCN1CCCC1CNc1cc(C(F)(F)F)ncc1N. The van der Waals surface area contributed by atoms with Crippen LogP contribution < -0.4 is 11.1 Å². The van der Waals surface area contributed by atoms with Gasteiger partial charge in [-0.15, -0.1) is 0 Å². The van der Waals surface area contributed by atoms with Gasteiger partial charge in [-0.1, -0.05) is 6.92 Å². The van der Waals surface area contributed by atoms with Crippen LogP contribution in [0.3, 0.4) is 0 Å². The Kier molecular flexibility index (Phi) is 4.37. The summed E-state index contributed by atoms with van der Waals surface area (Å²) in [5, 5.41) is 3.02. The lowest BCUT2D eigenvalue weighted by Gasteiger charge is -2.23. The van der Waals surface area contributed by atoms with Crippen LogP contribution in [0.25, 0.3) is 0 Å². The molecule has 7 heteroatoms. The van der Waals surface area contributed by atoms with Gasteiger partial charge in [0.05, 0.1) is 17.6 Å². The Balaban J connectivity index is 2.05. The largest absolute Gasteiger partial charge is 0.433 e. The molecule has 0 spiro atoms. The molecule has 1 aromatic rings. The highest BCUT2D eigenvalue weighted by Gasteiger charge is 2.33. The van der Waals surface area contributed by atoms with Crippen molar-refractivity contribution in [1.29, 1.82) is 0 Å². The van der Waals surface area contributed by atoms with Gasteiger partial charge in [-0.25, -0.2) is 4.98 Å². The Labute approximate surface area is 116 Å². The number of alkyl halides is 3. The highest BCUT2D eigenvalue weighted by molar-refractivity contribution is 5.65. The predicted octanol–water partition coefficient (Wildman–Crippen LogP) is 2.58. The number of aromatic nitrogens is 1. The lowest BCUT2D eigenvalue weighted by molar-refractivity contribution is -0.141. The molecule has 0 amide bonds. The van der Waals surface area contributed by atoms with Crippen molar-refractivity contribution < 1.29 is 13.2 Å². The maximum Gasteiger partial charge on any atom is 0.433 e. The second kappa shape index (κ2) is 5.87. The van der Waals surface area contributed by atoms with E-state index in [0.717, 1.165) is 38.2 Å². The minimum Gasteiger partial charge on any atom is -0.396 e. The van der Waals surface area contributed by atoms with Crippen molar-refractivity contribution in [2.24, 2.45) is 0 Å². The summed E-state index contributed by atoms with van der Waals surface area (Å²) < 4.78 is 37.9. The van der Waals surface area contributed by atoms with E-state index in [1.54, 1.807) is 0 Å². The molecule has 4 nitrogen and oxygen atoms in total. The molecule has 1 aliphatic heterocycles. The highest BCUT2D eigenvalue weighted by atomic mass is 19.4. The standard InChI is InChI=1S/C13H19F3N4/c1-2-20-5-3-4-9(20)7-18-11-6-12(13(14,15)16)19-8-10(11)17/h6,8-9H,2-5,7,17H2,1H3,(H,18,19). The second-order valence-corrected chi connectivity index (χ2v) is 4.96. The van der Waals surface area contributed by atoms with Crippen molar-refractivity contribution in [2.45, 2.75) is 32.0 Å². The Morgan fingerprint density at radius 3 is 2.90 bits per heavy atom. The molecule has 0 saturated carbocycles. The molecule has 2 rings (SSSR count). The lowest BCUT2D eigenvalue weighted by atomic mass is 10.2. The van der Waals surface area contributed by atoms with E-state index in [1.165, 1.54) is 0 Å². The molecule has 112 valence electrons. The molecule has 1 unspecified atom stereocenters. The first-order chi connectivity index (χ1) is 9.41. The zero-order valence-corrected chi connectivity index (χ0v) is 11.4. The third-order valence-electron chi connectivity index (χ3n) is 3.66. The quantitative estimate of drug-likeness (QED) is 0.894. The predicted molar refractivity (Wildman–Crippen MR) is 72.4 cm³/mol. The van der Waals surface area contributed by atoms with E-state index in [-0.39, 0.29) is 5.69 Å². The van der Waals surface area contributed by atoms with Gasteiger partial charge in [0.15, 0.2) is 0 Å². The second-order valence-electron chi connectivity index (χ2n) is 4.96. The molecular weight excluding hydrogens is 269 g/mol. The van der Waals surface area contributed by atoms with Crippen molar-refractivity contribution in [3.8, 4) is 0 Å². The van der Waals surface area contributed by atoms with Crippen molar-refractivity contribution in [2.75, 3.05) is 30.7 Å². The molecule has 0 bridgehead atoms. The van der Waals surface area contributed by atoms with Crippen LogP contribution in [0.1, 0.15) is 25.5 Å². The van der Waals surface area contributed by atoms with Crippen LogP contribution in [0, 0.1) is 0 Å². The fourth-order valence-electron chi connectivity index (χ4n) is 2.54. The molecule has 0 radical (unpaired) electrons. The highest BCUT2D eigenvalue weighted by Crippen LogP contribution is 2.31. The number of nitrogen functional groups attached to an aromatic ring is 1. The van der Waals surface area contributed by atoms with Gasteiger partial charge in [-0.05, 0) is 32.0 Å². The van der Waals surface area contributed by atoms with Crippen molar-refractivity contribution in [1.82, 2.24) is 9.88 Å². The average molecular weight is 288 g/mol. The van der Waals surface area contributed by atoms with Crippen LogP contribution in [0.4, 0.5) is 24.5 Å². The first-order valence-electron chi connectivity index (χ1n) is 6.72. The number of rotatable bonds is 4. The van der Waals surface area contributed by atoms with E-state index in [1.807, 2.05) is 0 Å². The number of hydrogen-bond acceptors (Lipinski definition) is 4. The number of nitrogens with two attached hydrogens (primary N) is 1. The smallest absolute Gasteiger partial charge is 0.396 e. The first kappa shape index (κ1) is 14.9. The van der Waals surface area contributed by atoms with Gasteiger partial charge in [-0.2, -0.15) is 13.2 Å². The molecule has 1 atom stereocenters. The Morgan fingerprint density at radius 2 is 2.25 bits per heavy atom. The Morgan fingerprint density at radius 1 is 1.50 bits per heavy atom. The van der Waals surface area contributed by atoms with E-state index >= 15 is 0 Å². The number of pyridine rings is 1. The van der Waals surface area contributed by atoms with Gasteiger partial charge in [0.1, 0.15) is 5.69 Å².